The van der Waals surface area contributed by atoms with Crippen molar-refractivity contribution in [2.24, 2.45) is 0 Å². The summed E-state index contributed by atoms with van der Waals surface area (Å²) in [4.78, 5) is 11.7. The number of hydrogen-bond acceptors (Lipinski definition) is 3. The zero-order chi connectivity index (χ0) is 12.7. The monoisotopic (exact) mass is 354 g/mol. The van der Waals surface area contributed by atoms with Crippen LogP contribution in [0.25, 0.3) is 5.69 Å². The molecule has 0 radical (unpaired) electrons. The van der Waals surface area contributed by atoms with Crippen molar-refractivity contribution in [3.05, 3.63) is 39.7 Å². The number of nitrogens with zero attached hydrogens (tertiary/aromatic N) is 2. The minimum absolute atomic E-state index is 0.0142. The van der Waals surface area contributed by atoms with Gasteiger partial charge in [-0.15, -0.1) is 0 Å². The van der Waals surface area contributed by atoms with Gasteiger partial charge in [0, 0.05) is 17.4 Å². The van der Waals surface area contributed by atoms with Crippen molar-refractivity contribution in [3.63, 3.8) is 0 Å². The summed E-state index contributed by atoms with van der Waals surface area (Å²) in [5.41, 5.74) is 2.77. The van der Waals surface area contributed by atoms with Crippen molar-refractivity contribution in [2.45, 2.75) is 6.04 Å². The van der Waals surface area contributed by atoms with Gasteiger partial charge in [-0.25, -0.2) is 4.68 Å². The summed E-state index contributed by atoms with van der Waals surface area (Å²) < 4.78 is 2.87. The fraction of sp³-hybridized carbons (Fsp3) is 0.167. The molecule has 18 heavy (non-hydrogen) atoms. The van der Waals surface area contributed by atoms with Gasteiger partial charge in [0.2, 0.25) is 5.91 Å². The topological polar surface area (TPSA) is 59.0 Å². The number of amides is 1. The Kier molecular flexibility index (Phi) is 2.83. The second kappa shape index (κ2) is 4.36. The summed E-state index contributed by atoms with van der Waals surface area (Å²) in [7, 11) is 1.78. The average molecular weight is 354 g/mol. The zero-order valence-electron chi connectivity index (χ0n) is 9.64. The fourth-order valence-corrected chi connectivity index (χ4v) is 2.51. The summed E-state index contributed by atoms with van der Waals surface area (Å²) in [6.07, 6.45) is 3.73. The van der Waals surface area contributed by atoms with Crippen molar-refractivity contribution < 1.29 is 4.79 Å². The predicted molar refractivity (Wildman–Crippen MR) is 76.7 cm³/mol. The van der Waals surface area contributed by atoms with Crippen LogP contribution >= 0.6 is 22.6 Å². The largest absolute Gasteiger partial charge is 0.324 e. The van der Waals surface area contributed by atoms with Crippen LogP contribution < -0.4 is 10.6 Å². The van der Waals surface area contributed by atoms with E-state index in [4.69, 9.17) is 0 Å². The van der Waals surface area contributed by atoms with E-state index in [1.165, 1.54) is 0 Å². The SMILES string of the molecule is CNC1C(=O)Nc2cc(-n3cc(I)cn3)ccc21. The van der Waals surface area contributed by atoms with Crippen molar-refractivity contribution in [2.75, 3.05) is 12.4 Å². The number of nitrogens with one attached hydrogen (secondary N) is 2. The number of halogens is 1. The number of benzene rings is 1. The van der Waals surface area contributed by atoms with E-state index >= 15 is 0 Å². The number of carbonyl (C=O) groups excluding carboxylic acids is 1. The van der Waals surface area contributed by atoms with Gasteiger partial charge >= 0.3 is 0 Å². The molecule has 1 atom stereocenters. The molecule has 3 rings (SSSR count). The molecule has 0 fully saturated rings. The molecule has 2 aromatic rings. The summed E-state index contributed by atoms with van der Waals surface area (Å²) in [5, 5.41) is 10.1. The summed E-state index contributed by atoms with van der Waals surface area (Å²) in [6, 6.07) is 5.60. The van der Waals surface area contributed by atoms with Gasteiger partial charge in [0.05, 0.1) is 15.5 Å². The maximum atomic E-state index is 11.7. The van der Waals surface area contributed by atoms with Crippen LogP contribution in [0.1, 0.15) is 11.6 Å². The first-order chi connectivity index (χ1) is 8.69. The minimum atomic E-state index is -0.258. The molecular formula is C12H11IN4O. The summed E-state index contributed by atoms with van der Waals surface area (Å²) >= 11 is 2.21. The Morgan fingerprint density at radius 1 is 1.50 bits per heavy atom. The van der Waals surface area contributed by atoms with E-state index in [0.29, 0.717) is 0 Å². The minimum Gasteiger partial charge on any atom is -0.324 e. The van der Waals surface area contributed by atoms with E-state index in [0.717, 1.165) is 20.5 Å². The molecular weight excluding hydrogens is 343 g/mol. The molecule has 2 heterocycles. The molecule has 0 bridgehead atoms. The molecule has 1 aliphatic heterocycles. The molecule has 1 unspecified atom stereocenters. The predicted octanol–water partition coefficient (Wildman–Crippen LogP) is 1.69. The summed E-state index contributed by atoms with van der Waals surface area (Å²) in [6.45, 7) is 0. The third-order valence-corrected chi connectivity index (χ3v) is 3.53. The highest BCUT2D eigenvalue weighted by atomic mass is 127. The van der Waals surface area contributed by atoms with Crippen molar-refractivity contribution >= 4 is 34.2 Å². The second-order valence-corrected chi connectivity index (χ2v) is 5.33. The first-order valence-electron chi connectivity index (χ1n) is 5.51. The second-order valence-electron chi connectivity index (χ2n) is 4.09. The molecule has 6 heteroatoms. The molecule has 0 aliphatic carbocycles. The number of fused-ring (bicyclic) bond motifs is 1. The molecule has 1 aliphatic rings. The van der Waals surface area contributed by atoms with Gasteiger partial charge in [-0.2, -0.15) is 5.10 Å². The Morgan fingerprint density at radius 3 is 3.00 bits per heavy atom. The van der Waals surface area contributed by atoms with Crippen LogP contribution in [0.2, 0.25) is 0 Å². The Bertz CT molecular complexity index is 622. The maximum absolute atomic E-state index is 11.7. The van der Waals surface area contributed by atoms with Crippen LogP contribution in [0.3, 0.4) is 0 Å². The lowest BCUT2D eigenvalue weighted by atomic mass is 10.1. The number of hydrogen-bond donors (Lipinski definition) is 2. The molecule has 0 saturated heterocycles. The van der Waals surface area contributed by atoms with Gasteiger partial charge in [0.25, 0.3) is 0 Å². The van der Waals surface area contributed by atoms with Gasteiger partial charge in [-0.1, -0.05) is 6.07 Å². The Labute approximate surface area is 118 Å². The van der Waals surface area contributed by atoms with Gasteiger partial charge in [0.1, 0.15) is 6.04 Å². The smallest absolute Gasteiger partial charge is 0.246 e. The Balaban J connectivity index is 2.03. The van der Waals surface area contributed by atoms with Crippen molar-refractivity contribution in [3.8, 4) is 5.69 Å². The van der Waals surface area contributed by atoms with Crippen molar-refractivity contribution in [1.82, 2.24) is 15.1 Å². The van der Waals surface area contributed by atoms with Gasteiger partial charge in [-0.3, -0.25) is 4.79 Å². The maximum Gasteiger partial charge on any atom is 0.246 e. The van der Waals surface area contributed by atoms with E-state index in [2.05, 4.69) is 38.3 Å². The molecule has 1 aromatic carbocycles. The molecule has 5 nitrogen and oxygen atoms in total. The molecule has 0 spiro atoms. The van der Waals surface area contributed by atoms with Gasteiger partial charge in [0.15, 0.2) is 0 Å². The lowest BCUT2D eigenvalue weighted by Crippen LogP contribution is -2.23. The fourth-order valence-electron chi connectivity index (χ4n) is 2.12. The molecule has 1 amide bonds. The molecule has 2 N–H and O–H groups in total. The van der Waals surface area contributed by atoms with E-state index in [-0.39, 0.29) is 11.9 Å². The molecule has 92 valence electrons. The van der Waals surface area contributed by atoms with Crippen molar-refractivity contribution in [1.29, 1.82) is 0 Å². The number of carbonyl (C=O) groups is 1. The lowest BCUT2D eigenvalue weighted by Gasteiger charge is -2.07. The van der Waals surface area contributed by atoms with Gasteiger partial charge < -0.3 is 10.6 Å². The highest BCUT2D eigenvalue weighted by Crippen LogP contribution is 2.32. The number of rotatable bonds is 2. The van der Waals surface area contributed by atoms with Crippen LogP contribution in [0, 0.1) is 3.57 Å². The van der Waals surface area contributed by atoms with E-state index < -0.39 is 0 Å². The number of anilines is 1. The van der Waals surface area contributed by atoms with E-state index in [9.17, 15) is 4.79 Å². The highest BCUT2D eigenvalue weighted by Gasteiger charge is 2.29. The lowest BCUT2D eigenvalue weighted by molar-refractivity contribution is -0.117. The average Bonchev–Trinajstić information content (AvgIpc) is 2.90. The number of likely N-dealkylation sites (N-methyl/N-ethyl adjacent to an activating group) is 1. The molecule has 1 aromatic heterocycles. The van der Waals surface area contributed by atoms with E-state index in [1.54, 1.807) is 17.9 Å². The van der Waals surface area contributed by atoms with Crippen LogP contribution in [-0.4, -0.2) is 22.7 Å². The third-order valence-electron chi connectivity index (χ3n) is 2.97. The standard InChI is InChI=1S/C12H11IN4O/c1-14-11-9-3-2-8(4-10(9)16-12(11)18)17-6-7(13)5-15-17/h2-6,11,14H,1H3,(H,16,18). The quantitative estimate of drug-likeness (QED) is 0.807. The highest BCUT2D eigenvalue weighted by molar-refractivity contribution is 14.1. The molecule has 0 saturated carbocycles. The first kappa shape index (κ1) is 11.7. The van der Waals surface area contributed by atoms with Crippen LogP contribution in [0.4, 0.5) is 5.69 Å². The summed E-state index contributed by atoms with van der Waals surface area (Å²) in [5.74, 6) is -0.0142. The van der Waals surface area contributed by atoms with Gasteiger partial charge in [-0.05, 0) is 41.8 Å². The Hall–Kier alpha value is -1.41. The van der Waals surface area contributed by atoms with Crippen LogP contribution in [-0.2, 0) is 4.79 Å². The normalized spacial score (nSPS) is 17.7. The number of aromatic nitrogens is 2. The first-order valence-corrected chi connectivity index (χ1v) is 6.59. The van der Waals surface area contributed by atoms with Crippen LogP contribution in [0.5, 0.6) is 0 Å². The Morgan fingerprint density at radius 2 is 2.33 bits per heavy atom. The van der Waals surface area contributed by atoms with Crippen LogP contribution in [0.15, 0.2) is 30.6 Å². The third kappa shape index (κ3) is 1.81. The van der Waals surface area contributed by atoms with E-state index in [1.807, 2.05) is 24.4 Å². The zero-order valence-corrected chi connectivity index (χ0v) is 11.8.